The highest BCUT2D eigenvalue weighted by Crippen LogP contribution is 2.34. The summed E-state index contributed by atoms with van der Waals surface area (Å²) in [5.41, 5.74) is 1.11. The Labute approximate surface area is 98.9 Å². The summed E-state index contributed by atoms with van der Waals surface area (Å²) in [5.74, 6) is 0. The van der Waals surface area contributed by atoms with E-state index in [4.69, 9.17) is 11.6 Å². The Balaban J connectivity index is 3.25. The fourth-order valence-electron chi connectivity index (χ4n) is 1.33. The van der Waals surface area contributed by atoms with Crippen LogP contribution < -0.4 is 10.6 Å². The molecule has 0 heterocycles. The Bertz CT molecular complexity index is 407. The van der Waals surface area contributed by atoms with E-state index in [1.165, 1.54) is 6.07 Å². The topological polar surface area (TPSA) is 67.2 Å². The van der Waals surface area contributed by atoms with E-state index in [0.29, 0.717) is 16.4 Å². The van der Waals surface area contributed by atoms with Gasteiger partial charge in [0.05, 0.1) is 15.6 Å². The zero-order valence-electron chi connectivity index (χ0n) is 9.37. The second-order valence-corrected chi connectivity index (χ2v) is 4.06. The van der Waals surface area contributed by atoms with E-state index in [1.54, 1.807) is 13.1 Å². The first-order valence-corrected chi connectivity index (χ1v) is 5.25. The van der Waals surface area contributed by atoms with Gasteiger partial charge in [-0.1, -0.05) is 11.6 Å². The zero-order valence-corrected chi connectivity index (χ0v) is 10.1. The molecule has 0 amide bonds. The van der Waals surface area contributed by atoms with E-state index in [1.807, 2.05) is 13.8 Å². The Morgan fingerprint density at radius 1 is 1.38 bits per heavy atom. The van der Waals surface area contributed by atoms with Crippen molar-refractivity contribution >= 4 is 28.7 Å². The van der Waals surface area contributed by atoms with Crippen molar-refractivity contribution in [1.29, 1.82) is 0 Å². The molecule has 5 nitrogen and oxygen atoms in total. The van der Waals surface area contributed by atoms with Crippen molar-refractivity contribution < 1.29 is 4.92 Å². The molecule has 1 aromatic rings. The fraction of sp³-hybridized carbons (Fsp3) is 0.400. The third-order valence-corrected chi connectivity index (χ3v) is 2.31. The number of rotatable bonds is 4. The van der Waals surface area contributed by atoms with E-state index in [9.17, 15) is 10.1 Å². The summed E-state index contributed by atoms with van der Waals surface area (Å²) in [7, 11) is 1.71. The Morgan fingerprint density at radius 2 is 2.00 bits per heavy atom. The van der Waals surface area contributed by atoms with Gasteiger partial charge in [-0.25, -0.2) is 0 Å². The van der Waals surface area contributed by atoms with Crippen LogP contribution in [0.25, 0.3) is 0 Å². The number of halogens is 1. The number of nitro benzene ring substituents is 1. The maximum Gasteiger partial charge on any atom is 0.293 e. The largest absolute Gasteiger partial charge is 0.387 e. The average molecular weight is 244 g/mol. The first-order valence-electron chi connectivity index (χ1n) is 4.88. The molecule has 0 aliphatic rings. The van der Waals surface area contributed by atoms with Crippen LogP contribution in [0.15, 0.2) is 12.1 Å². The number of hydrogen-bond donors (Lipinski definition) is 2. The van der Waals surface area contributed by atoms with Crippen LogP contribution in [0.5, 0.6) is 0 Å². The van der Waals surface area contributed by atoms with Crippen LogP contribution in [-0.4, -0.2) is 18.0 Å². The van der Waals surface area contributed by atoms with Gasteiger partial charge in [0, 0.05) is 19.2 Å². The number of benzene rings is 1. The van der Waals surface area contributed by atoms with E-state index in [-0.39, 0.29) is 11.7 Å². The number of nitro groups is 1. The quantitative estimate of drug-likeness (QED) is 0.630. The first-order chi connectivity index (χ1) is 7.45. The van der Waals surface area contributed by atoms with Gasteiger partial charge in [0.15, 0.2) is 0 Å². The molecular weight excluding hydrogens is 230 g/mol. The van der Waals surface area contributed by atoms with E-state index >= 15 is 0 Å². The molecule has 0 aromatic heterocycles. The summed E-state index contributed by atoms with van der Waals surface area (Å²) in [5, 5.41) is 17.1. The molecule has 1 aromatic carbocycles. The number of anilines is 2. The molecule has 0 unspecified atom stereocenters. The van der Waals surface area contributed by atoms with Crippen LogP contribution in [0, 0.1) is 10.1 Å². The van der Waals surface area contributed by atoms with E-state index in [2.05, 4.69) is 10.6 Å². The van der Waals surface area contributed by atoms with Crippen LogP contribution in [0.1, 0.15) is 13.8 Å². The summed E-state index contributed by atoms with van der Waals surface area (Å²) in [6.07, 6.45) is 0. The summed E-state index contributed by atoms with van der Waals surface area (Å²) in [4.78, 5) is 10.4. The first kappa shape index (κ1) is 12.6. The molecule has 0 aliphatic heterocycles. The van der Waals surface area contributed by atoms with Gasteiger partial charge in [-0.05, 0) is 19.9 Å². The van der Waals surface area contributed by atoms with Crippen LogP contribution in [0.2, 0.25) is 5.02 Å². The van der Waals surface area contributed by atoms with Crippen LogP contribution >= 0.6 is 11.6 Å². The van der Waals surface area contributed by atoms with Gasteiger partial charge in [0.1, 0.15) is 5.69 Å². The highest BCUT2D eigenvalue weighted by molar-refractivity contribution is 6.33. The second kappa shape index (κ2) is 5.03. The molecule has 1 rings (SSSR count). The molecule has 0 atom stereocenters. The predicted octanol–water partition coefficient (Wildman–Crippen LogP) is 3.11. The minimum atomic E-state index is -0.448. The molecule has 0 saturated carbocycles. The van der Waals surface area contributed by atoms with Crippen molar-refractivity contribution in [2.75, 3.05) is 17.7 Å². The van der Waals surface area contributed by atoms with Crippen molar-refractivity contribution in [1.82, 2.24) is 0 Å². The molecule has 0 radical (unpaired) electrons. The molecule has 0 fully saturated rings. The third-order valence-electron chi connectivity index (χ3n) is 2.00. The Hall–Kier alpha value is -1.49. The Kier molecular flexibility index (Phi) is 3.95. The van der Waals surface area contributed by atoms with Gasteiger partial charge in [0.25, 0.3) is 5.69 Å². The second-order valence-electron chi connectivity index (χ2n) is 3.66. The molecule has 6 heteroatoms. The van der Waals surface area contributed by atoms with Gasteiger partial charge >= 0.3 is 0 Å². The molecule has 2 N–H and O–H groups in total. The monoisotopic (exact) mass is 243 g/mol. The smallest absolute Gasteiger partial charge is 0.293 e. The summed E-state index contributed by atoms with van der Waals surface area (Å²) in [6, 6.07) is 3.10. The fourth-order valence-corrected chi connectivity index (χ4v) is 1.58. The van der Waals surface area contributed by atoms with Crippen LogP contribution in [0.3, 0.4) is 0 Å². The number of nitrogens with zero attached hydrogens (tertiary/aromatic N) is 1. The lowest BCUT2D eigenvalue weighted by Gasteiger charge is -2.12. The minimum Gasteiger partial charge on any atom is -0.387 e. The van der Waals surface area contributed by atoms with Gasteiger partial charge in [-0.3, -0.25) is 10.1 Å². The molecule has 0 saturated heterocycles. The van der Waals surface area contributed by atoms with Gasteiger partial charge in [0.2, 0.25) is 0 Å². The van der Waals surface area contributed by atoms with E-state index in [0.717, 1.165) is 0 Å². The summed E-state index contributed by atoms with van der Waals surface area (Å²) >= 11 is 5.89. The Morgan fingerprint density at radius 3 is 2.44 bits per heavy atom. The maximum absolute atomic E-state index is 10.8. The maximum atomic E-state index is 10.8. The normalized spacial score (nSPS) is 10.3. The molecule has 0 spiro atoms. The van der Waals surface area contributed by atoms with Crippen molar-refractivity contribution in [3.8, 4) is 0 Å². The van der Waals surface area contributed by atoms with Crippen LogP contribution in [-0.2, 0) is 0 Å². The molecular formula is C10H14ClN3O2. The van der Waals surface area contributed by atoms with Gasteiger partial charge in [-0.15, -0.1) is 0 Å². The lowest BCUT2D eigenvalue weighted by molar-refractivity contribution is -0.383. The average Bonchev–Trinajstić information content (AvgIpc) is 2.19. The third kappa shape index (κ3) is 2.76. The van der Waals surface area contributed by atoms with Crippen molar-refractivity contribution in [2.24, 2.45) is 0 Å². The van der Waals surface area contributed by atoms with Crippen molar-refractivity contribution in [3.63, 3.8) is 0 Å². The van der Waals surface area contributed by atoms with Crippen molar-refractivity contribution in [2.45, 2.75) is 19.9 Å². The van der Waals surface area contributed by atoms with Crippen molar-refractivity contribution in [3.05, 3.63) is 27.3 Å². The molecule has 0 aliphatic carbocycles. The molecule has 16 heavy (non-hydrogen) atoms. The summed E-state index contributed by atoms with van der Waals surface area (Å²) in [6.45, 7) is 3.83. The highest BCUT2D eigenvalue weighted by atomic mass is 35.5. The SMILES string of the molecule is CNc1cc(NC(C)C)c([N+](=O)[O-])cc1Cl. The standard InChI is InChI=1S/C10H14ClN3O2/c1-6(2)13-9-5-8(12-3)7(11)4-10(9)14(15)16/h4-6,12-13H,1-3H3. The lowest BCUT2D eigenvalue weighted by Crippen LogP contribution is -2.11. The molecule has 0 bridgehead atoms. The molecule has 88 valence electrons. The predicted molar refractivity (Wildman–Crippen MR) is 66.4 cm³/mol. The minimum absolute atomic E-state index is 0.0160. The zero-order chi connectivity index (χ0) is 12.3. The van der Waals surface area contributed by atoms with Gasteiger partial charge in [-0.2, -0.15) is 0 Å². The lowest BCUT2D eigenvalue weighted by atomic mass is 10.2. The number of hydrogen-bond acceptors (Lipinski definition) is 4. The summed E-state index contributed by atoms with van der Waals surface area (Å²) < 4.78 is 0. The van der Waals surface area contributed by atoms with Crippen LogP contribution in [0.4, 0.5) is 17.1 Å². The highest BCUT2D eigenvalue weighted by Gasteiger charge is 2.17. The number of nitrogens with one attached hydrogen (secondary N) is 2. The van der Waals surface area contributed by atoms with E-state index < -0.39 is 4.92 Å². The van der Waals surface area contributed by atoms with Gasteiger partial charge < -0.3 is 10.6 Å².